The van der Waals surface area contributed by atoms with Gasteiger partial charge in [0.05, 0.1) is 26.4 Å². The van der Waals surface area contributed by atoms with E-state index in [0.29, 0.717) is 31.6 Å². The molecule has 3 N–H and O–H groups in total. The summed E-state index contributed by atoms with van der Waals surface area (Å²) in [5.41, 5.74) is 0. The van der Waals surface area contributed by atoms with E-state index in [1.165, 1.54) is 135 Å². The third-order valence-electron chi connectivity index (χ3n) is 16.6. The molecule has 17 nitrogen and oxygen atoms in total. The zero-order chi connectivity index (χ0) is 68.0. The van der Waals surface area contributed by atoms with Gasteiger partial charge in [-0.15, -0.1) is 0 Å². The first-order valence-corrected chi connectivity index (χ1v) is 40.2. The number of unbranched alkanes of at least 4 members (excludes halogenated alkanes) is 33. The summed E-state index contributed by atoms with van der Waals surface area (Å²) < 4.78 is 68.3. The van der Waals surface area contributed by atoms with Crippen LogP contribution >= 0.6 is 15.6 Å². The Kier molecular flexibility index (Phi) is 61.6. The minimum atomic E-state index is -4.96. The number of esters is 4. The van der Waals surface area contributed by atoms with E-state index in [4.69, 9.17) is 37.0 Å². The van der Waals surface area contributed by atoms with Crippen molar-refractivity contribution in [2.24, 2.45) is 17.8 Å². The number of aliphatic hydroxyl groups is 1. The van der Waals surface area contributed by atoms with E-state index in [1.54, 1.807) is 0 Å². The Balaban J connectivity index is 5.25. The van der Waals surface area contributed by atoms with Gasteiger partial charge in [-0.2, -0.15) is 0 Å². The Morgan fingerprint density at radius 3 is 0.967 bits per heavy atom. The second-order valence-corrected chi connectivity index (χ2v) is 29.7. The lowest BCUT2D eigenvalue weighted by Gasteiger charge is -2.21. The fraction of sp³-hybridized carbons (Fsp3) is 0.890. The normalized spacial score (nSPS) is 14.6. The molecule has 0 amide bonds. The molecule has 0 fully saturated rings. The van der Waals surface area contributed by atoms with Crippen molar-refractivity contribution in [1.82, 2.24) is 0 Å². The molecule has 0 saturated carbocycles. The second-order valence-electron chi connectivity index (χ2n) is 26.8. The molecule has 3 unspecified atom stereocenters. The highest BCUT2D eigenvalue weighted by Crippen LogP contribution is 2.45. The van der Waals surface area contributed by atoms with Crippen LogP contribution in [-0.4, -0.2) is 96.7 Å². The maximum absolute atomic E-state index is 13.0. The van der Waals surface area contributed by atoms with E-state index in [0.717, 1.165) is 121 Å². The average Bonchev–Trinajstić information content (AvgIpc) is 2.97. The number of carbonyl (C=O) groups excluding carboxylic acids is 4. The first-order valence-electron chi connectivity index (χ1n) is 37.2. The van der Waals surface area contributed by atoms with Crippen LogP contribution in [0, 0.1) is 17.8 Å². The number of aliphatic hydroxyl groups excluding tert-OH is 1. The van der Waals surface area contributed by atoms with Crippen molar-refractivity contribution in [3.05, 3.63) is 24.3 Å². The fourth-order valence-electron chi connectivity index (χ4n) is 10.5. The number of hydrogen-bond donors (Lipinski definition) is 3. The van der Waals surface area contributed by atoms with Gasteiger partial charge in [0.2, 0.25) is 0 Å². The Labute approximate surface area is 561 Å². The highest BCUT2D eigenvalue weighted by molar-refractivity contribution is 7.47. The molecule has 0 aromatic carbocycles. The molecule has 0 radical (unpaired) electrons. The van der Waals surface area contributed by atoms with Gasteiger partial charge < -0.3 is 33.8 Å². The van der Waals surface area contributed by atoms with Crippen LogP contribution < -0.4 is 0 Å². The van der Waals surface area contributed by atoms with Gasteiger partial charge >= 0.3 is 39.5 Å². The van der Waals surface area contributed by atoms with Crippen molar-refractivity contribution in [1.29, 1.82) is 0 Å². The Morgan fingerprint density at radius 2 is 0.641 bits per heavy atom. The number of phosphoric ester groups is 2. The standard InChI is InChI=1S/C73H138O17P2/c1-8-10-11-12-13-14-15-16-18-23-26-29-32-42-49-56-72(77)89-68(60-83-70(75)54-47-40-31-28-25-22-20-17-19-21-24-27-30-37-44-51-64(3)4)62-87-91(79,80)85-58-67(74)59-86-92(81,82)88-63-69(90-73(78)57-50-43-35-33-38-45-52-65(5)6)61-84-71(76)55-48-41-36-34-39-46-53-66(7)9-2/h14-16,18,64-69,74H,8-13,17,19-63H2,1-7H3,(H,79,80)(H,81,82)/b15-14-,18-16-/t66?,67-,68-,69-/m1/s1. The van der Waals surface area contributed by atoms with Crippen LogP contribution in [0.2, 0.25) is 0 Å². The van der Waals surface area contributed by atoms with Gasteiger partial charge in [-0.3, -0.25) is 37.3 Å². The predicted octanol–water partition coefficient (Wildman–Crippen LogP) is 20.6. The summed E-state index contributed by atoms with van der Waals surface area (Å²) in [6, 6.07) is 0. The topological polar surface area (TPSA) is 237 Å². The van der Waals surface area contributed by atoms with E-state index < -0.39 is 97.5 Å². The molecule has 19 heteroatoms. The Hall–Kier alpha value is -2.46. The molecule has 0 bridgehead atoms. The smallest absolute Gasteiger partial charge is 0.462 e. The maximum Gasteiger partial charge on any atom is 0.472 e. The number of allylic oxidation sites excluding steroid dienone is 4. The molecule has 0 saturated heterocycles. The van der Waals surface area contributed by atoms with Crippen LogP contribution in [-0.2, 0) is 65.4 Å². The minimum absolute atomic E-state index is 0.0847. The van der Waals surface area contributed by atoms with Crippen molar-refractivity contribution in [2.75, 3.05) is 39.6 Å². The highest BCUT2D eigenvalue weighted by Gasteiger charge is 2.30. The molecule has 0 aliphatic carbocycles. The van der Waals surface area contributed by atoms with E-state index in [2.05, 4.69) is 72.8 Å². The Morgan fingerprint density at radius 1 is 0.359 bits per heavy atom. The van der Waals surface area contributed by atoms with E-state index >= 15 is 0 Å². The van der Waals surface area contributed by atoms with Crippen molar-refractivity contribution in [3.8, 4) is 0 Å². The number of carbonyl (C=O) groups is 4. The lowest BCUT2D eigenvalue weighted by atomic mass is 10.00. The lowest BCUT2D eigenvalue weighted by molar-refractivity contribution is -0.161. The lowest BCUT2D eigenvalue weighted by Crippen LogP contribution is -2.30. The van der Waals surface area contributed by atoms with Gasteiger partial charge in [0.15, 0.2) is 12.2 Å². The van der Waals surface area contributed by atoms with Crippen molar-refractivity contribution < 1.29 is 80.2 Å². The van der Waals surface area contributed by atoms with Gasteiger partial charge in [-0.1, -0.05) is 291 Å². The van der Waals surface area contributed by atoms with Gasteiger partial charge in [0, 0.05) is 25.7 Å². The molecule has 0 spiro atoms. The molecule has 0 heterocycles. The largest absolute Gasteiger partial charge is 0.472 e. The molecule has 92 heavy (non-hydrogen) atoms. The molecule has 0 aliphatic rings. The third-order valence-corrected chi connectivity index (χ3v) is 18.5. The zero-order valence-electron chi connectivity index (χ0n) is 59.5. The second kappa shape index (κ2) is 63.3. The minimum Gasteiger partial charge on any atom is -0.462 e. The van der Waals surface area contributed by atoms with Crippen molar-refractivity contribution in [3.63, 3.8) is 0 Å². The van der Waals surface area contributed by atoms with Crippen LogP contribution in [0.5, 0.6) is 0 Å². The number of phosphoric acid groups is 2. The van der Waals surface area contributed by atoms with Crippen LogP contribution in [0.15, 0.2) is 24.3 Å². The summed E-state index contributed by atoms with van der Waals surface area (Å²) in [6.45, 7) is 11.7. The van der Waals surface area contributed by atoms with Crippen LogP contribution in [0.3, 0.4) is 0 Å². The van der Waals surface area contributed by atoms with Crippen LogP contribution in [0.1, 0.15) is 344 Å². The van der Waals surface area contributed by atoms with E-state index in [1.807, 2.05) is 0 Å². The van der Waals surface area contributed by atoms with Crippen molar-refractivity contribution >= 4 is 39.5 Å². The third kappa shape index (κ3) is 64.9. The summed E-state index contributed by atoms with van der Waals surface area (Å²) in [7, 11) is -9.92. The van der Waals surface area contributed by atoms with E-state index in [9.17, 15) is 43.2 Å². The van der Waals surface area contributed by atoms with Crippen LogP contribution in [0.4, 0.5) is 0 Å². The molecule has 0 rings (SSSR count). The molecule has 542 valence electrons. The number of rotatable bonds is 69. The van der Waals surface area contributed by atoms with Gasteiger partial charge in [0.1, 0.15) is 19.3 Å². The summed E-state index contributed by atoms with van der Waals surface area (Å²) in [6.07, 6.45) is 51.1. The fourth-order valence-corrected chi connectivity index (χ4v) is 12.1. The van der Waals surface area contributed by atoms with Crippen molar-refractivity contribution in [2.45, 2.75) is 362 Å². The first kappa shape index (κ1) is 89.5. The summed E-state index contributed by atoms with van der Waals surface area (Å²) in [5, 5.41) is 10.6. The SMILES string of the molecule is CCCCCC/C=C\C=C/CCCCCCCC(=O)O[C@H](COC(=O)CCCCCCCCCCCCCCCCCC(C)C)COP(=O)(O)OC[C@@H](O)COP(=O)(O)OC[C@@H](COC(=O)CCCCCCCCC(C)CC)OC(=O)CCCCCCCCC(C)C. The number of ether oxygens (including phenoxy) is 4. The Bertz CT molecular complexity index is 1900. The summed E-state index contributed by atoms with van der Waals surface area (Å²) in [5.74, 6) is 0.0422. The van der Waals surface area contributed by atoms with Gasteiger partial charge in [0.25, 0.3) is 0 Å². The predicted molar refractivity (Wildman–Crippen MR) is 372 cm³/mol. The van der Waals surface area contributed by atoms with Crippen LogP contribution in [0.25, 0.3) is 0 Å². The van der Waals surface area contributed by atoms with Gasteiger partial charge in [-0.05, 0) is 69.1 Å². The molecule has 0 aliphatic heterocycles. The van der Waals surface area contributed by atoms with Gasteiger partial charge in [-0.25, -0.2) is 9.13 Å². The summed E-state index contributed by atoms with van der Waals surface area (Å²) >= 11 is 0. The quantitative estimate of drug-likeness (QED) is 0.0169. The average molecular weight is 1350 g/mol. The molecule has 0 aromatic rings. The molecular weight excluding hydrogens is 1210 g/mol. The maximum atomic E-state index is 13.0. The molecular formula is C73H138O17P2. The van der Waals surface area contributed by atoms with E-state index in [-0.39, 0.29) is 25.7 Å². The molecule has 6 atom stereocenters. The monoisotopic (exact) mass is 1350 g/mol. The summed E-state index contributed by atoms with van der Waals surface area (Å²) in [4.78, 5) is 72.6. The molecule has 0 aromatic heterocycles. The number of hydrogen-bond acceptors (Lipinski definition) is 15. The zero-order valence-corrected chi connectivity index (χ0v) is 61.3. The highest BCUT2D eigenvalue weighted by atomic mass is 31.2. The first-order chi connectivity index (χ1) is 44.3.